The number of fused-ring (bicyclic) bond motifs is 1. The van der Waals surface area contributed by atoms with Gasteiger partial charge in [0.15, 0.2) is 0 Å². The van der Waals surface area contributed by atoms with Gasteiger partial charge in [-0.05, 0) is 51.4 Å². The third kappa shape index (κ3) is 4.41. The number of nitrogens with one attached hydrogen (secondary N) is 1. The maximum atomic E-state index is 12.8. The second-order valence-corrected chi connectivity index (χ2v) is 10.5. The Morgan fingerprint density at radius 2 is 1.73 bits per heavy atom. The van der Waals surface area contributed by atoms with Crippen LogP contribution in [-0.4, -0.2) is 83.3 Å². The molecule has 3 heterocycles. The van der Waals surface area contributed by atoms with Gasteiger partial charge in [0.25, 0.3) is 0 Å². The van der Waals surface area contributed by atoms with Gasteiger partial charge in [0.1, 0.15) is 0 Å². The van der Waals surface area contributed by atoms with E-state index in [0.717, 1.165) is 64.7 Å². The zero-order valence-electron chi connectivity index (χ0n) is 19.1. The maximum absolute atomic E-state index is 12.8. The molecule has 2 atom stereocenters. The van der Waals surface area contributed by atoms with Crippen molar-refractivity contribution in [2.24, 2.45) is 5.92 Å². The molecule has 3 aliphatic heterocycles. The largest absolute Gasteiger partial charge is 0.449 e. The molecule has 0 radical (unpaired) electrons. The molecule has 7 heteroatoms. The Balaban J connectivity index is 1.25. The Hall–Kier alpha value is -1.50. The molecule has 30 heavy (non-hydrogen) atoms. The summed E-state index contributed by atoms with van der Waals surface area (Å²) in [5, 5.41) is 3.31. The topological polar surface area (TPSA) is 65.1 Å². The van der Waals surface area contributed by atoms with Crippen LogP contribution in [0.1, 0.15) is 72.1 Å². The molecule has 0 aromatic heterocycles. The third-order valence-electron chi connectivity index (χ3n) is 7.79. The fourth-order valence-corrected chi connectivity index (χ4v) is 6.05. The van der Waals surface area contributed by atoms with Gasteiger partial charge in [-0.1, -0.05) is 26.7 Å². The van der Waals surface area contributed by atoms with Crippen LogP contribution in [0.15, 0.2) is 0 Å². The molecule has 3 saturated heterocycles. The van der Waals surface area contributed by atoms with Crippen LogP contribution in [0, 0.1) is 5.92 Å². The van der Waals surface area contributed by atoms with Gasteiger partial charge in [-0.25, -0.2) is 9.59 Å². The summed E-state index contributed by atoms with van der Waals surface area (Å²) in [4.78, 5) is 31.6. The van der Waals surface area contributed by atoms with Crippen molar-refractivity contribution in [1.29, 1.82) is 0 Å². The monoisotopic (exact) mass is 420 g/mol. The molecule has 0 aromatic carbocycles. The van der Waals surface area contributed by atoms with E-state index in [1.54, 1.807) is 0 Å². The number of likely N-dealkylation sites (tertiary alicyclic amines) is 2. The Bertz CT molecular complexity index is 626. The molecule has 4 fully saturated rings. The second-order valence-electron chi connectivity index (χ2n) is 10.5. The van der Waals surface area contributed by atoms with Gasteiger partial charge in [0.05, 0.1) is 18.2 Å². The van der Waals surface area contributed by atoms with Crippen molar-refractivity contribution >= 4 is 12.1 Å². The number of urea groups is 1. The van der Waals surface area contributed by atoms with E-state index in [1.165, 1.54) is 12.8 Å². The minimum atomic E-state index is -0.156. The highest BCUT2D eigenvalue weighted by Gasteiger charge is 2.51. The van der Waals surface area contributed by atoms with Gasteiger partial charge >= 0.3 is 12.1 Å². The van der Waals surface area contributed by atoms with Crippen molar-refractivity contribution in [3.8, 4) is 0 Å². The molecule has 1 saturated carbocycles. The number of hydrogen-bond donors (Lipinski definition) is 1. The number of carbonyl (C=O) groups is 2. The summed E-state index contributed by atoms with van der Waals surface area (Å²) in [6.45, 7) is 10.5. The Morgan fingerprint density at radius 1 is 1.07 bits per heavy atom. The van der Waals surface area contributed by atoms with Gasteiger partial charge in [0.2, 0.25) is 0 Å². The average molecular weight is 421 g/mol. The first-order chi connectivity index (χ1) is 14.4. The summed E-state index contributed by atoms with van der Waals surface area (Å²) < 4.78 is 5.39. The highest BCUT2D eigenvalue weighted by atomic mass is 16.6. The molecule has 1 N–H and O–H groups in total. The van der Waals surface area contributed by atoms with Crippen LogP contribution in [0.5, 0.6) is 0 Å². The van der Waals surface area contributed by atoms with E-state index in [9.17, 15) is 9.59 Å². The first-order valence-electron chi connectivity index (χ1n) is 12.1. The van der Waals surface area contributed by atoms with E-state index >= 15 is 0 Å². The number of hydrogen-bond acceptors (Lipinski definition) is 4. The van der Waals surface area contributed by atoms with Crippen LogP contribution >= 0.6 is 0 Å². The lowest BCUT2D eigenvalue weighted by atomic mass is 9.79. The Labute approximate surface area is 181 Å². The van der Waals surface area contributed by atoms with Gasteiger partial charge in [0, 0.05) is 38.3 Å². The van der Waals surface area contributed by atoms with Crippen LogP contribution in [0.25, 0.3) is 0 Å². The first kappa shape index (κ1) is 21.7. The minimum absolute atomic E-state index is 0.0243. The van der Waals surface area contributed by atoms with E-state index in [1.807, 2.05) is 4.90 Å². The average Bonchev–Trinajstić information content (AvgIpc) is 3.02. The maximum Gasteiger partial charge on any atom is 0.409 e. The molecular weight excluding hydrogens is 380 g/mol. The summed E-state index contributed by atoms with van der Waals surface area (Å²) in [6.07, 6.45) is 8.73. The van der Waals surface area contributed by atoms with E-state index in [2.05, 4.69) is 35.9 Å². The van der Waals surface area contributed by atoms with E-state index < -0.39 is 0 Å². The van der Waals surface area contributed by atoms with Crippen LogP contribution in [-0.2, 0) is 4.74 Å². The number of nitrogens with zero attached hydrogens (tertiary/aromatic N) is 3. The second kappa shape index (κ2) is 8.93. The molecule has 4 aliphatic rings. The van der Waals surface area contributed by atoms with Crippen molar-refractivity contribution in [3.63, 3.8) is 0 Å². The molecule has 4 rings (SSSR count). The van der Waals surface area contributed by atoms with Crippen molar-refractivity contribution in [2.75, 3.05) is 32.8 Å². The zero-order chi connectivity index (χ0) is 21.3. The molecule has 0 spiro atoms. The molecule has 0 unspecified atom stereocenters. The van der Waals surface area contributed by atoms with E-state index in [4.69, 9.17) is 4.74 Å². The van der Waals surface area contributed by atoms with Gasteiger partial charge < -0.3 is 24.8 Å². The molecule has 170 valence electrons. The quantitative estimate of drug-likeness (QED) is 0.757. The number of ether oxygens (including phenoxy) is 1. The lowest BCUT2D eigenvalue weighted by Gasteiger charge is -2.45. The standard InChI is InChI=1S/C23H40N4O3/c1-17(2)16-30-22(29)26-14-7-18(8-15-26)25-12-9-19(10-13-25)27-20-6-4-5-11-23(20,3)24-21(27)28/h17-20H,4-16H2,1-3H3,(H,24,28)/t20-,23-/m0/s1. The lowest BCUT2D eigenvalue weighted by Crippen LogP contribution is -2.55. The zero-order valence-corrected chi connectivity index (χ0v) is 19.1. The van der Waals surface area contributed by atoms with Crippen molar-refractivity contribution < 1.29 is 14.3 Å². The highest BCUT2D eigenvalue weighted by Crippen LogP contribution is 2.39. The number of carbonyl (C=O) groups excluding carboxylic acids is 2. The summed E-state index contributed by atoms with van der Waals surface area (Å²) in [5.74, 6) is 0.372. The molecule has 3 amide bonds. The molecule has 1 aliphatic carbocycles. The number of amides is 3. The normalized spacial score (nSPS) is 31.7. The summed E-state index contributed by atoms with van der Waals surface area (Å²) >= 11 is 0. The predicted molar refractivity (Wildman–Crippen MR) is 116 cm³/mol. The molecule has 0 aromatic rings. The van der Waals surface area contributed by atoms with Crippen LogP contribution in [0.4, 0.5) is 9.59 Å². The first-order valence-corrected chi connectivity index (χ1v) is 12.1. The summed E-state index contributed by atoms with van der Waals surface area (Å²) in [6, 6.07) is 1.45. The van der Waals surface area contributed by atoms with Gasteiger partial charge in [-0.2, -0.15) is 0 Å². The number of rotatable bonds is 4. The van der Waals surface area contributed by atoms with Crippen LogP contribution in [0.3, 0.4) is 0 Å². The predicted octanol–water partition coefficient (Wildman–Crippen LogP) is 3.43. The van der Waals surface area contributed by atoms with Gasteiger partial charge in [-0.15, -0.1) is 0 Å². The van der Waals surface area contributed by atoms with Crippen molar-refractivity contribution in [1.82, 2.24) is 20.0 Å². The van der Waals surface area contributed by atoms with Crippen molar-refractivity contribution in [3.05, 3.63) is 0 Å². The fourth-order valence-electron chi connectivity index (χ4n) is 6.05. The summed E-state index contributed by atoms with van der Waals surface area (Å²) in [7, 11) is 0. The van der Waals surface area contributed by atoms with Gasteiger partial charge in [-0.3, -0.25) is 0 Å². The Morgan fingerprint density at radius 3 is 2.40 bits per heavy atom. The molecule has 7 nitrogen and oxygen atoms in total. The third-order valence-corrected chi connectivity index (χ3v) is 7.79. The smallest absolute Gasteiger partial charge is 0.409 e. The summed E-state index contributed by atoms with van der Waals surface area (Å²) in [5.41, 5.74) is -0.0243. The Kier molecular flexibility index (Phi) is 6.47. The fraction of sp³-hybridized carbons (Fsp3) is 0.913. The molecule has 0 bridgehead atoms. The number of piperidine rings is 2. The van der Waals surface area contributed by atoms with Crippen LogP contribution < -0.4 is 5.32 Å². The highest BCUT2D eigenvalue weighted by molar-refractivity contribution is 5.79. The lowest BCUT2D eigenvalue weighted by molar-refractivity contribution is 0.0419. The van der Waals surface area contributed by atoms with Crippen molar-refractivity contribution in [2.45, 2.75) is 95.8 Å². The minimum Gasteiger partial charge on any atom is -0.449 e. The van der Waals surface area contributed by atoms with Crippen LogP contribution in [0.2, 0.25) is 0 Å². The molecular formula is C23H40N4O3. The van der Waals surface area contributed by atoms with E-state index in [0.29, 0.717) is 30.7 Å². The SMILES string of the molecule is CC(C)COC(=O)N1CCC(N2CCC(N3C(=O)N[C@@]4(C)CCCC[C@H]34)CC2)CC1. The van der Waals surface area contributed by atoms with E-state index in [-0.39, 0.29) is 17.7 Å².